The van der Waals surface area contributed by atoms with E-state index in [9.17, 15) is 9.90 Å². The Morgan fingerprint density at radius 3 is 3.08 bits per heavy atom. The Kier molecular flexibility index (Phi) is 3.87. The van der Waals surface area contributed by atoms with E-state index in [2.05, 4.69) is 6.08 Å². The molecule has 1 aliphatic carbocycles. The van der Waals surface area contributed by atoms with E-state index in [-0.39, 0.29) is 17.6 Å². The molecular formula is C19H23NO5. The zero-order chi connectivity index (χ0) is 17.6. The van der Waals surface area contributed by atoms with Gasteiger partial charge in [0.1, 0.15) is 6.10 Å². The lowest BCUT2D eigenvalue weighted by Gasteiger charge is -2.35. The summed E-state index contributed by atoms with van der Waals surface area (Å²) in [4.78, 5) is 14.0. The minimum Gasteiger partial charge on any atom is -0.493 e. The Hall–Kier alpha value is -2.21. The van der Waals surface area contributed by atoms with E-state index < -0.39 is 6.10 Å². The highest BCUT2D eigenvalue weighted by atomic mass is 16.6. The average Bonchev–Trinajstić information content (AvgIpc) is 2.83. The number of ether oxygens (including phenoxy) is 3. The van der Waals surface area contributed by atoms with Gasteiger partial charge in [0.15, 0.2) is 11.5 Å². The van der Waals surface area contributed by atoms with E-state index in [1.54, 1.807) is 12.0 Å². The summed E-state index contributed by atoms with van der Waals surface area (Å²) in [7, 11) is 1.63. The Balaban J connectivity index is 1.83. The van der Waals surface area contributed by atoms with Gasteiger partial charge in [-0.25, -0.2) is 4.79 Å². The summed E-state index contributed by atoms with van der Waals surface area (Å²) in [5.74, 6) is 1.44. The molecule has 0 saturated heterocycles. The highest BCUT2D eigenvalue weighted by Crippen LogP contribution is 2.55. The van der Waals surface area contributed by atoms with Crippen molar-refractivity contribution in [1.82, 2.24) is 4.90 Å². The fourth-order valence-electron chi connectivity index (χ4n) is 4.31. The van der Waals surface area contributed by atoms with Gasteiger partial charge >= 0.3 is 6.09 Å². The van der Waals surface area contributed by atoms with E-state index in [1.165, 1.54) is 0 Å². The first-order chi connectivity index (χ1) is 12.1. The second kappa shape index (κ2) is 5.95. The maximum absolute atomic E-state index is 12.3. The SMILES string of the molecule is CCOC(=O)N1CCC23C=CC(O)CC2Oc2c(OC)ccc(c23)C1. The molecule has 1 aromatic carbocycles. The Bertz CT molecular complexity index is 731. The molecule has 2 aliphatic heterocycles. The van der Waals surface area contributed by atoms with Crippen LogP contribution in [0.4, 0.5) is 4.79 Å². The van der Waals surface area contributed by atoms with Crippen molar-refractivity contribution in [2.24, 2.45) is 0 Å². The van der Waals surface area contributed by atoms with Crippen LogP contribution in [0.5, 0.6) is 11.5 Å². The lowest BCUT2D eigenvalue weighted by molar-refractivity contribution is 0.0756. The highest BCUT2D eigenvalue weighted by molar-refractivity contribution is 5.69. The van der Waals surface area contributed by atoms with Gasteiger partial charge in [-0.2, -0.15) is 0 Å². The van der Waals surface area contributed by atoms with Crippen LogP contribution in [0.15, 0.2) is 24.3 Å². The molecule has 1 N–H and O–H groups in total. The molecular weight excluding hydrogens is 322 g/mol. The fraction of sp³-hybridized carbons (Fsp3) is 0.526. The van der Waals surface area contributed by atoms with Crippen LogP contribution in [-0.4, -0.2) is 48.6 Å². The fourth-order valence-corrected chi connectivity index (χ4v) is 4.31. The van der Waals surface area contributed by atoms with Gasteiger partial charge in [-0.3, -0.25) is 0 Å². The number of methoxy groups -OCH3 is 1. The molecule has 6 nitrogen and oxygen atoms in total. The normalized spacial score (nSPS) is 29.3. The van der Waals surface area contributed by atoms with Crippen LogP contribution in [0.3, 0.4) is 0 Å². The summed E-state index contributed by atoms with van der Waals surface area (Å²) in [6, 6.07) is 3.88. The standard InChI is InChI=1S/C19H23NO5/c1-3-24-18(22)20-9-8-19-7-6-13(21)10-15(19)25-17-14(23-2)5-4-12(11-20)16(17)19/h4-7,13,15,21H,3,8-11H2,1-2H3. The molecule has 1 amide bonds. The van der Waals surface area contributed by atoms with Crippen molar-refractivity contribution in [3.63, 3.8) is 0 Å². The topological polar surface area (TPSA) is 68.2 Å². The molecule has 3 aliphatic rings. The van der Waals surface area contributed by atoms with Gasteiger partial charge in [-0.05, 0) is 25.0 Å². The number of nitrogens with zero attached hydrogens (tertiary/aromatic N) is 1. The van der Waals surface area contributed by atoms with Gasteiger partial charge in [-0.1, -0.05) is 18.2 Å². The summed E-state index contributed by atoms with van der Waals surface area (Å²) in [5.41, 5.74) is 1.80. The first-order valence-corrected chi connectivity index (χ1v) is 8.75. The number of benzene rings is 1. The largest absolute Gasteiger partial charge is 0.493 e. The Labute approximate surface area is 147 Å². The molecule has 0 bridgehead atoms. The minimum absolute atomic E-state index is 0.153. The van der Waals surface area contributed by atoms with E-state index in [4.69, 9.17) is 14.2 Å². The lowest BCUT2D eigenvalue weighted by Crippen LogP contribution is -2.43. The van der Waals surface area contributed by atoms with Crippen LogP contribution >= 0.6 is 0 Å². The number of hydrogen-bond donors (Lipinski definition) is 1. The summed E-state index contributed by atoms with van der Waals surface area (Å²) < 4.78 is 16.9. The van der Waals surface area contributed by atoms with E-state index >= 15 is 0 Å². The van der Waals surface area contributed by atoms with Crippen molar-refractivity contribution in [3.8, 4) is 11.5 Å². The molecule has 4 rings (SSSR count). The van der Waals surface area contributed by atoms with Crippen molar-refractivity contribution in [2.45, 2.75) is 43.9 Å². The quantitative estimate of drug-likeness (QED) is 0.834. The number of carbonyl (C=O) groups excluding carboxylic acids is 1. The maximum atomic E-state index is 12.3. The minimum atomic E-state index is -0.510. The van der Waals surface area contributed by atoms with Gasteiger partial charge in [0.05, 0.1) is 25.2 Å². The number of rotatable bonds is 2. The van der Waals surface area contributed by atoms with E-state index in [0.717, 1.165) is 23.3 Å². The monoisotopic (exact) mass is 345 g/mol. The third-order valence-corrected chi connectivity index (χ3v) is 5.48. The summed E-state index contributed by atoms with van der Waals surface area (Å²) in [6.07, 6.45) is 4.22. The highest BCUT2D eigenvalue weighted by Gasteiger charge is 2.53. The summed E-state index contributed by atoms with van der Waals surface area (Å²) in [6.45, 7) is 3.24. The first-order valence-electron chi connectivity index (χ1n) is 8.75. The zero-order valence-electron chi connectivity index (χ0n) is 14.5. The molecule has 0 radical (unpaired) electrons. The molecule has 3 atom stereocenters. The zero-order valence-corrected chi connectivity index (χ0v) is 14.5. The Morgan fingerprint density at radius 1 is 1.48 bits per heavy atom. The third-order valence-electron chi connectivity index (χ3n) is 5.48. The van der Waals surface area contributed by atoms with Crippen molar-refractivity contribution in [2.75, 3.05) is 20.3 Å². The number of amides is 1. The molecule has 0 saturated carbocycles. The number of aliphatic hydroxyl groups excluding tert-OH is 1. The van der Waals surface area contributed by atoms with Crippen molar-refractivity contribution in [3.05, 3.63) is 35.4 Å². The summed E-state index contributed by atoms with van der Waals surface area (Å²) in [5, 5.41) is 10.1. The van der Waals surface area contributed by atoms with Gasteiger partial charge in [0, 0.05) is 25.1 Å². The predicted octanol–water partition coefficient (Wildman–Crippen LogP) is 2.38. The van der Waals surface area contributed by atoms with Crippen LogP contribution in [0.2, 0.25) is 0 Å². The molecule has 6 heteroatoms. The maximum Gasteiger partial charge on any atom is 0.410 e. The molecule has 1 aromatic rings. The van der Waals surface area contributed by atoms with Gasteiger partial charge in [0.2, 0.25) is 0 Å². The first kappa shape index (κ1) is 16.3. The van der Waals surface area contributed by atoms with Crippen LogP contribution < -0.4 is 9.47 Å². The van der Waals surface area contributed by atoms with Crippen molar-refractivity contribution >= 4 is 6.09 Å². The second-order valence-electron chi connectivity index (χ2n) is 6.81. The molecule has 0 aromatic heterocycles. The van der Waals surface area contributed by atoms with Crippen molar-refractivity contribution in [1.29, 1.82) is 0 Å². The lowest BCUT2D eigenvalue weighted by atomic mass is 9.69. The van der Waals surface area contributed by atoms with E-state index in [1.807, 2.05) is 25.1 Å². The average molecular weight is 345 g/mol. The smallest absolute Gasteiger partial charge is 0.410 e. The van der Waals surface area contributed by atoms with Crippen LogP contribution in [-0.2, 0) is 16.7 Å². The van der Waals surface area contributed by atoms with Gasteiger partial charge in [0.25, 0.3) is 0 Å². The van der Waals surface area contributed by atoms with Gasteiger partial charge in [-0.15, -0.1) is 0 Å². The van der Waals surface area contributed by atoms with E-state index in [0.29, 0.717) is 31.9 Å². The summed E-state index contributed by atoms with van der Waals surface area (Å²) >= 11 is 0. The molecule has 0 fully saturated rings. The van der Waals surface area contributed by atoms with Crippen molar-refractivity contribution < 1.29 is 24.1 Å². The van der Waals surface area contributed by atoms with Gasteiger partial charge < -0.3 is 24.2 Å². The number of carbonyl (C=O) groups is 1. The molecule has 134 valence electrons. The van der Waals surface area contributed by atoms with Crippen LogP contribution in [0, 0.1) is 0 Å². The molecule has 25 heavy (non-hydrogen) atoms. The van der Waals surface area contributed by atoms with Crippen LogP contribution in [0.1, 0.15) is 30.9 Å². The molecule has 3 unspecified atom stereocenters. The predicted molar refractivity (Wildman–Crippen MR) is 90.9 cm³/mol. The van der Waals surface area contributed by atoms with Crippen LogP contribution in [0.25, 0.3) is 0 Å². The molecule has 1 spiro atoms. The Morgan fingerprint density at radius 2 is 2.32 bits per heavy atom. The molecule has 2 heterocycles. The second-order valence-corrected chi connectivity index (χ2v) is 6.81. The number of aliphatic hydroxyl groups is 1. The third kappa shape index (κ3) is 2.39. The number of hydrogen-bond acceptors (Lipinski definition) is 5.